The van der Waals surface area contributed by atoms with E-state index in [1.807, 2.05) is 0 Å². The first-order valence-corrected chi connectivity index (χ1v) is 8.25. The number of thioether (sulfide) groups is 1. The smallest absolute Gasteiger partial charge is 0.230 e. The van der Waals surface area contributed by atoms with Crippen LogP contribution in [-0.2, 0) is 4.79 Å². The van der Waals surface area contributed by atoms with E-state index >= 15 is 0 Å². The minimum atomic E-state index is 0.148. The minimum Gasteiger partial charge on any atom is -0.352 e. The summed E-state index contributed by atoms with van der Waals surface area (Å²) in [4.78, 5) is 13.3. The molecule has 0 aliphatic carbocycles. The Balaban J connectivity index is 1.84. The van der Waals surface area contributed by atoms with Crippen molar-refractivity contribution in [3.8, 4) is 0 Å². The largest absolute Gasteiger partial charge is 0.352 e. The van der Waals surface area contributed by atoms with E-state index in [1.54, 1.807) is 11.8 Å². The van der Waals surface area contributed by atoms with Crippen molar-refractivity contribution in [1.82, 2.24) is 10.6 Å². The van der Waals surface area contributed by atoms with Crippen molar-refractivity contribution >= 4 is 17.7 Å². The highest BCUT2D eigenvalue weighted by molar-refractivity contribution is 8.00. The highest BCUT2D eigenvalue weighted by atomic mass is 32.2. The first-order valence-electron chi connectivity index (χ1n) is 7.26. The van der Waals surface area contributed by atoms with E-state index in [9.17, 15) is 4.79 Å². The van der Waals surface area contributed by atoms with Crippen LogP contribution in [0.4, 0.5) is 0 Å². The molecule has 1 heterocycles. The highest BCUT2D eigenvalue weighted by Gasteiger charge is 2.22. The molecule has 1 aromatic carbocycles. The Hall–Kier alpha value is -1.00. The topological polar surface area (TPSA) is 41.1 Å². The van der Waals surface area contributed by atoms with Crippen LogP contribution in [0.1, 0.15) is 24.5 Å². The third-order valence-electron chi connectivity index (χ3n) is 3.83. The third kappa shape index (κ3) is 4.25. The molecule has 0 radical (unpaired) electrons. The first-order chi connectivity index (χ1) is 9.56. The number of aryl methyl sites for hydroxylation is 2. The van der Waals surface area contributed by atoms with Crippen LogP contribution in [0.5, 0.6) is 0 Å². The lowest BCUT2D eigenvalue weighted by molar-refractivity contribution is -0.119. The van der Waals surface area contributed by atoms with Gasteiger partial charge in [-0.15, -0.1) is 11.8 Å². The average molecular weight is 292 g/mol. The van der Waals surface area contributed by atoms with Gasteiger partial charge in [-0.05, 0) is 50.9 Å². The average Bonchev–Trinajstić information content (AvgIpc) is 2.42. The van der Waals surface area contributed by atoms with Crippen LogP contribution in [0.15, 0.2) is 23.1 Å². The number of rotatable bonds is 4. The van der Waals surface area contributed by atoms with Crippen LogP contribution in [-0.4, -0.2) is 30.8 Å². The Morgan fingerprint density at radius 1 is 1.45 bits per heavy atom. The summed E-state index contributed by atoms with van der Waals surface area (Å²) in [7, 11) is 0. The molecular formula is C16H24N2OS. The summed E-state index contributed by atoms with van der Waals surface area (Å²) in [5.74, 6) is 1.16. The molecule has 4 heteroatoms. The van der Waals surface area contributed by atoms with Gasteiger partial charge in [0.25, 0.3) is 0 Å². The zero-order valence-corrected chi connectivity index (χ0v) is 13.3. The molecule has 110 valence electrons. The quantitative estimate of drug-likeness (QED) is 0.838. The maximum Gasteiger partial charge on any atom is 0.230 e. The summed E-state index contributed by atoms with van der Waals surface area (Å²) in [6.07, 6.45) is 1.03. The maximum absolute atomic E-state index is 12.1. The van der Waals surface area contributed by atoms with Crippen LogP contribution in [0.3, 0.4) is 0 Å². The summed E-state index contributed by atoms with van der Waals surface area (Å²) in [6, 6.07) is 6.70. The lowest BCUT2D eigenvalue weighted by Crippen LogP contribution is -2.48. The van der Waals surface area contributed by atoms with E-state index in [1.165, 1.54) is 16.0 Å². The monoisotopic (exact) mass is 292 g/mol. The molecule has 1 aliphatic heterocycles. The lowest BCUT2D eigenvalue weighted by atomic mass is 9.95. The Morgan fingerprint density at radius 2 is 2.25 bits per heavy atom. The molecule has 0 saturated carbocycles. The molecule has 0 bridgehead atoms. The van der Waals surface area contributed by atoms with Crippen molar-refractivity contribution in [3.05, 3.63) is 29.3 Å². The predicted octanol–water partition coefficient (Wildman–Crippen LogP) is 2.51. The first kappa shape index (κ1) is 15.4. The standard InChI is InChI=1S/C16H24N2OS/c1-11-4-5-12(2)15(8-11)20-10-16(19)18-14-6-7-17-9-13(14)3/h4-5,8,13-14,17H,6-7,9-10H2,1-3H3,(H,18,19). The number of amides is 1. The molecule has 3 nitrogen and oxygen atoms in total. The number of nitrogens with one attached hydrogen (secondary N) is 2. The van der Waals surface area contributed by atoms with Crippen LogP contribution in [0.25, 0.3) is 0 Å². The van der Waals surface area contributed by atoms with E-state index in [0.717, 1.165) is 19.5 Å². The Labute approximate surface area is 125 Å². The van der Waals surface area contributed by atoms with Crippen molar-refractivity contribution in [2.45, 2.75) is 38.1 Å². The second kappa shape index (κ2) is 7.14. The molecule has 0 spiro atoms. The van der Waals surface area contributed by atoms with Gasteiger partial charge >= 0.3 is 0 Å². The van der Waals surface area contributed by atoms with E-state index < -0.39 is 0 Å². The number of hydrogen-bond donors (Lipinski definition) is 2. The number of carbonyl (C=O) groups is 1. The zero-order chi connectivity index (χ0) is 14.5. The maximum atomic E-state index is 12.1. The van der Waals surface area contributed by atoms with Gasteiger partial charge in [0.2, 0.25) is 5.91 Å². The molecule has 1 saturated heterocycles. The number of benzene rings is 1. The normalized spacial score (nSPS) is 22.6. The molecular weight excluding hydrogens is 268 g/mol. The molecule has 1 aromatic rings. The second-order valence-electron chi connectivity index (χ2n) is 5.70. The second-order valence-corrected chi connectivity index (χ2v) is 6.72. The van der Waals surface area contributed by atoms with Crippen molar-refractivity contribution in [1.29, 1.82) is 0 Å². The van der Waals surface area contributed by atoms with Crippen LogP contribution in [0, 0.1) is 19.8 Å². The fourth-order valence-corrected chi connectivity index (χ4v) is 3.42. The van der Waals surface area contributed by atoms with Gasteiger partial charge in [-0.2, -0.15) is 0 Å². The summed E-state index contributed by atoms with van der Waals surface area (Å²) < 4.78 is 0. The highest BCUT2D eigenvalue weighted by Crippen LogP contribution is 2.23. The summed E-state index contributed by atoms with van der Waals surface area (Å²) in [6.45, 7) is 8.36. The SMILES string of the molecule is Cc1ccc(C)c(SCC(=O)NC2CCNCC2C)c1. The Morgan fingerprint density at radius 3 is 3.00 bits per heavy atom. The fraction of sp³-hybridized carbons (Fsp3) is 0.562. The fourth-order valence-electron chi connectivity index (χ4n) is 2.48. The predicted molar refractivity (Wildman–Crippen MR) is 85.2 cm³/mol. The van der Waals surface area contributed by atoms with Crippen LogP contribution >= 0.6 is 11.8 Å². The minimum absolute atomic E-state index is 0.148. The Kier molecular flexibility index (Phi) is 5.49. The molecule has 0 aromatic heterocycles. The van der Waals surface area contributed by atoms with Gasteiger partial charge in [0.1, 0.15) is 0 Å². The lowest BCUT2D eigenvalue weighted by Gasteiger charge is -2.30. The van der Waals surface area contributed by atoms with Gasteiger partial charge in [0, 0.05) is 10.9 Å². The molecule has 2 N–H and O–H groups in total. The zero-order valence-electron chi connectivity index (χ0n) is 12.5. The van der Waals surface area contributed by atoms with Gasteiger partial charge in [-0.1, -0.05) is 24.6 Å². The number of hydrogen-bond acceptors (Lipinski definition) is 3. The molecule has 2 rings (SSSR count). The van der Waals surface area contributed by atoms with E-state index in [0.29, 0.717) is 17.7 Å². The van der Waals surface area contributed by atoms with Crippen LogP contribution < -0.4 is 10.6 Å². The summed E-state index contributed by atoms with van der Waals surface area (Å²) in [5, 5.41) is 6.53. The molecule has 1 aliphatic rings. The van der Waals surface area contributed by atoms with Gasteiger partial charge < -0.3 is 10.6 Å². The van der Waals surface area contributed by atoms with Gasteiger partial charge in [0.05, 0.1) is 5.75 Å². The summed E-state index contributed by atoms with van der Waals surface area (Å²) >= 11 is 1.63. The number of piperidine rings is 1. The van der Waals surface area contributed by atoms with E-state index in [2.05, 4.69) is 49.6 Å². The van der Waals surface area contributed by atoms with Gasteiger partial charge in [-0.25, -0.2) is 0 Å². The summed E-state index contributed by atoms with van der Waals surface area (Å²) in [5.41, 5.74) is 2.48. The van der Waals surface area contributed by atoms with Crippen LogP contribution in [0.2, 0.25) is 0 Å². The van der Waals surface area contributed by atoms with Crippen molar-refractivity contribution in [2.75, 3.05) is 18.8 Å². The third-order valence-corrected chi connectivity index (χ3v) is 4.99. The van der Waals surface area contributed by atoms with Crippen molar-refractivity contribution in [3.63, 3.8) is 0 Å². The van der Waals surface area contributed by atoms with Crippen molar-refractivity contribution < 1.29 is 4.79 Å². The molecule has 20 heavy (non-hydrogen) atoms. The van der Waals surface area contributed by atoms with Crippen molar-refractivity contribution in [2.24, 2.45) is 5.92 Å². The van der Waals surface area contributed by atoms with Gasteiger partial charge in [0.15, 0.2) is 0 Å². The molecule has 2 unspecified atom stereocenters. The molecule has 1 amide bonds. The van der Waals surface area contributed by atoms with E-state index in [-0.39, 0.29) is 5.91 Å². The number of carbonyl (C=O) groups excluding carboxylic acids is 1. The molecule has 2 atom stereocenters. The van der Waals surface area contributed by atoms with E-state index in [4.69, 9.17) is 0 Å². The molecule has 1 fully saturated rings. The Bertz CT molecular complexity index is 476. The van der Waals surface area contributed by atoms with Gasteiger partial charge in [-0.3, -0.25) is 4.79 Å².